The summed E-state index contributed by atoms with van der Waals surface area (Å²) in [4.78, 5) is 28.8. The number of nitrogens with zero attached hydrogens (tertiary/aromatic N) is 1. The van der Waals surface area contributed by atoms with Crippen LogP contribution in [0.1, 0.15) is 53.6 Å². The summed E-state index contributed by atoms with van der Waals surface area (Å²) in [6, 6.07) is 18.9. The average molecular weight is 529 g/mol. The van der Waals surface area contributed by atoms with Crippen molar-refractivity contribution in [2.24, 2.45) is 0 Å². The molecule has 0 atom stereocenters. The third-order valence-electron chi connectivity index (χ3n) is 7.57. The Hall–Kier alpha value is -4.20. The van der Waals surface area contributed by atoms with Crippen LogP contribution in [0.25, 0.3) is 0 Å². The van der Waals surface area contributed by atoms with E-state index in [0.717, 1.165) is 50.9 Å². The van der Waals surface area contributed by atoms with Crippen molar-refractivity contribution in [1.82, 2.24) is 5.32 Å². The van der Waals surface area contributed by atoms with E-state index in [4.69, 9.17) is 9.47 Å². The van der Waals surface area contributed by atoms with Crippen molar-refractivity contribution in [3.8, 4) is 11.5 Å². The van der Waals surface area contributed by atoms with Crippen molar-refractivity contribution in [3.05, 3.63) is 77.4 Å². The zero-order valence-corrected chi connectivity index (χ0v) is 22.6. The number of hydrogen-bond acceptors (Lipinski definition) is 5. The number of benzene rings is 3. The molecule has 2 aliphatic rings. The monoisotopic (exact) mass is 528 g/mol. The fraction of sp³-hybridized carbons (Fsp3) is 0.355. The molecule has 5 rings (SSSR count). The van der Waals surface area contributed by atoms with Gasteiger partial charge in [0.1, 0.15) is 11.5 Å². The fourth-order valence-electron chi connectivity index (χ4n) is 5.47. The van der Waals surface area contributed by atoms with Gasteiger partial charge < -0.3 is 30.3 Å². The third kappa shape index (κ3) is 6.28. The van der Waals surface area contributed by atoms with Crippen LogP contribution in [0.15, 0.2) is 60.7 Å². The molecule has 0 spiro atoms. The van der Waals surface area contributed by atoms with Gasteiger partial charge in [-0.05, 0) is 60.7 Å². The first-order valence-corrected chi connectivity index (χ1v) is 13.6. The molecule has 3 N–H and O–H groups in total. The quantitative estimate of drug-likeness (QED) is 0.351. The van der Waals surface area contributed by atoms with Gasteiger partial charge in [0.25, 0.3) is 5.91 Å². The van der Waals surface area contributed by atoms with Gasteiger partial charge in [0.2, 0.25) is 0 Å². The van der Waals surface area contributed by atoms with Gasteiger partial charge in [-0.2, -0.15) is 0 Å². The highest BCUT2D eigenvalue weighted by molar-refractivity contribution is 6.04. The van der Waals surface area contributed by atoms with Crippen molar-refractivity contribution in [3.63, 3.8) is 0 Å². The van der Waals surface area contributed by atoms with Gasteiger partial charge in [0, 0.05) is 36.6 Å². The van der Waals surface area contributed by atoms with E-state index in [9.17, 15) is 9.59 Å². The molecule has 3 aromatic carbocycles. The minimum atomic E-state index is -0.434. The lowest BCUT2D eigenvalue weighted by Crippen LogP contribution is -2.38. The van der Waals surface area contributed by atoms with Crippen LogP contribution in [-0.4, -0.2) is 38.7 Å². The molecule has 0 saturated heterocycles. The Bertz CT molecular complexity index is 1340. The first-order chi connectivity index (χ1) is 19.0. The minimum Gasteiger partial charge on any atom is -0.497 e. The Kier molecular flexibility index (Phi) is 8.20. The highest BCUT2D eigenvalue weighted by Crippen LogP contribution is 2.32. The van der Waals surface area contributed by atoms with Crippen molar-refractivity contribution >= 4 is 29.0 Å². The Morgan fingerprint density at radius 3 is 2.44 bits per heavy atom. The first kappa shape index (κ1) is 26.4. The topological polar surface area (TPSA) is 91.9 Å². The number of fused-ring (bicyclic) bond motifs is 1. The van der Waals surface area contributed by atoms with E-state index in [1.807, 2.05) is 12.1 Å². The summed E-state index contributed by atoms with van der Waals surface area (Å²) in [5.41, 5.74) is 5.12. The van der Waals surface area contributed by atoms with Crippen LogP contribution < -0.4 is 30.3 Å². The number of ether oxygens (including phenoxy) is 2. The van der Waals surface area contributed by atoms with E-state index in [0.29, 0.717) is 28.4 Å². The molecule has 1 heterocycles. The molecule has 0 bridgehead atoms. The number of carbonyl (C=O) groups excluding carboxylic acids is 2. The molecule has 1 fully saturated rings. The molecule has 0 unspecified atom stereocenters. The van der Waals surface area contributed by atoms with Crippen molar-refractivity contribution in [1.29, 1.82) is 0 Å². The second kappa shape index (κ2) is 12.1. The molecule has 0 radical (unpaired) electrons. The second-order valence-corrected chi connectivity index (χ2v) is 10.1. The smallest absolute Gasteiger partial charge is 0.323 e. The number of nitrogens with one attached hydrogen (secondary N) is 3. The predicted octanol–water partition coefficient (Wildman–Crippen LogP) is 5.97. The lowest BCUT2D eigenvalue weighted by Gasteiger charge is -2.32. The predicted molar refractivity (Wildman–Crippen MR) is 154 cm³/mol. The maximum atomic E-state index is 13.6. The highest BCUT2D eigenvalue weighted by atomic mass is 16.5. The van der Waals surface area contributed by atoms with Crippen LogP contribution in [0, 0.1) is 0 Å². The van der Waals surface area contributed by atoms with E-state index in [1.165, 1.54) is 24.7 Å². The van der Waals surface area contributed by atoms with E-state index in [-0.39, 0.29) is 11.9 Å². The molecular weight excluding hydrogens is 492 g/mol. The second-order valence-electron chi connectivity index (χ2n) is 10.1. The number of carbonyl (C=O) groups is 2. The lowest BCUT2D eigenvalue weighted by molar-refractivity contribution is 0.0928. The van der Waals surface area contributed by atoms with Crippen LogP contribution in [0.2, 0.25) is 0 Å². The van der Waals surface area contributed by atoms with Crippen molar-refractivity contribution < 1.29 is 19.1 Å². The van der Waals surface area contributed by atoms with Crippen LogP contribution in [0.5, 0.6) is 11.5 Å². The molecule has 1 aliphatic carbocycles. The number of rotatable bonds is 7. The van der Waals surface area contributed by atoms with Gasteiger partial charge in [0.15, 0.2) is 0 Å². The van der Waals surface area contributed by atoms with E-state index in [2.05, 4.69) is 45.1 Å². The van der Waals surface area contributed by atoms with Gasteiger partial charge in [0.05, 0.1) is 25.5 Å². The van der Waals surface area contributed by atoms with E-state index in [1.54, 1.807) is 31.4 Å². The van der Waals surface area contributed by atoms with Crippen LogP contribution >= 0.6 is 0 Å². The molecule has 0 aromatic heterocycles. The Morgan fingerprint density at radius 1 is 0.872 bits per heavy atom. The summed E-state index contributed by atoms with van der Waals surface area (Å²) >= 11 is 0. The van der Waals surface area contributed by atoms with Gasteiger partial charge in [-0.25, -0.2) is 4.79 Å². The molecule has 39 heavy (non-hydrogen) atoms. The molecule has 3 aromatic rings. The third-order valence-corrected chi connectivity index (χ3v) is 7.57. The molecular formula is C31H36N4O4. The standard InChI is InChI=1S/C31H36N4O4/c1-38-25-13-14-27(29(19-25)39-2)34-31(37)33-24-12-15-28(35-17-16-21-8-6-7-9-22(21)20-35)26(18-24)30(36)32-23-10-4-3-5-11-23/h6-9,12-15,18-19,23H,3-5,10-11,16-17,20H2,1-2H3,(H,32,36)(H2,33,34,37). The zero-order chi connectivity index (χ0) is 27.2. The molecule has 8 nitrogen and oxygen atoms in total. The minimum absolute atomic E-state index is 0.100. The number of anilines is 3. The Labute approximate surface area is 229 Å². The summed E-state index contributed by atoms with van der Waals surface area (Å²) < 4.78 is 10.6. The van der Waals surface area contributed by atoms with E-state index >= 15 is 0 Å². The summed E-state index contributed by atoms with van der Waals surface area (Å²) in [6.07, 6.45) is 6.42. The fourth-order valence-corrected chi connectivity index (χ4v) is 5.47. The number of urea groups is 1. The van der Waals surface area contributed by atoms with Crippen molar-refractivity contribution in [2.45, 2.75) is 51.1 Å². The average Bonchev–Trinajstić information content (AvgIpc) is 2.97. The maximum absolute atomic E-state index is 13.6. The summed E-state index contributed by atoms with van der Waals surface area (Å²) in [6.45, 7) is 1.57. The van der Waals surface area contributed by atoms with Crippen molar-refractivity contribution in [2.75, 3.05) is 36.3 Å². The van der Waals surface area contributed by atoms with Crippen LogP contribution in [0.4, 0.5) is 21.9 Å². The number of hydrogen-bond donors (Lipinski definition) is 3. The molecule has 1 saturated carbocycles. The van der Waals surface area contributed by atoms with Crippen LogP contribution in [-0.2, 0) is 13.0 Å². The van der Waals surface area contributed by atoms with Gasteiger partial charge in [-0.3, -0.25) is 4.79 Å². The SMILES string of the molecule is COc1ccc(NC(=O)Nc2ccc(N3CCc4ccccc4C3)c(C(=O)NC3CCCCC3)c2)c(OC)c1. The van der Waals surface area contributed by atoms with E-state index < -0.39 is 6.03 Å². The summed E-state index contributed by atoms with van der Waals surface area (Å²) in [5.74, 6) is 1.01. The first-order valence-electron chi connectivity index (χ1n) is 13.6. The molecule has 204 valence electrons. The molecule has 8 heteroatoms. The maximum Gasteiger partial charge on any atom is 0.323 e. The van der Waals surface area contributed by atoms with Gasteiger partial charge >= 0.3 is 6.03 Å². The normalized spacial score (nSPS) is 15.2. The van der Waals surface area contributed by atoms with Gasteiger partial charge in [-0.1, -0.05) is 43.5 Å². The molecule has 3 amide bonds. The largest absolute Gasteiger partial charge is 0.497 e. The van der Waals surface area contributed by atoms with Gasteiger partial charge in [-0.15, -0.1) is 0 Å². The number of methoxy groups -OCH3 is 2. The number of amides is 3. The molecule has 1 aliphatic heterocycles. The Morgan fingerprint density at radius 2 is 1.67 bits per heavy atom. The lowest BCUT2D eigenvalue weighted by atomic mass is 9.95. The summed E-state index contributed by atoms with van der Waals surface area (Å²) in [5, 5.41) is 8.96. The zero-order valence-electron chi connectivity index (χ0n) is 22.6. The highest BCUT2D eigenvalue weighted by Gasteiger charge is 2.24. The summed E-state index contributed by atoms with van der Waals surface area (Å²) in [7, 11) is 3.11. The Balaban J connectivity index is 1.37. The van der Waals surface area contributed by atoms with Crippen LogP contribution in [0.3, 0.4) is 0 Å².